The number of aromatic nitrogens is 2. The lowest BCUT2D eigenvalue weighted by molar-refractivity contribution is -0.0753. The van der Waals surface area contributed by atoms with Gasteiger partial charge in [0.2, 0.25) is 5.95 Å². The van der Waals surface area contributed by atoms with Crippen LogP contribution in [0.25, 0.3) is 0 Å². The van der Waals surface area contributed by atoms with Crippen LogP contribution in [0.15, 0.2) is 24.3 Å². The minimum atomic E-state index is -2.74. The average molecular weight is 553 g/mol. The van der Waals surface area contributed by atoms with Crippen molar-refractivity contribution in [3.05, 3.63) is 35.5 Å². The summed E-state index contributed by atoms with van der Waals surface area (Å²) in [5, 5.41) is 15.0. The van der Waals surface area contributed by atoms with Crippen molar-refractivity contribution >= 4 is 41.0 Å². The smallest absolute Gasteiger partial charge is 0.258 e. The Morgan fingerprint density at radius 3 is 2.68 bits per heavy atom. The second-order valence-electron chi connectivity index (χ2n) is 8.65. The van der Waals surface area contributed by atoms with E-state index in [4.69, 9.17) is 5.11 Å². The van der Waals surface area contributed by atoms with E-state index in [0.717, 1.165) is 12.1 Å². The highest BCUT2D eigenvalue weighted by molar-refractivity contribution is 8.00. The lowest BCUT2D eigenvalue weighted by Crippen LogP contribution is -2.47. The van der Waals surface area contributed by atoms with Gasteiger partial charge in [-0.3, -0.25) is 4.79 Å². The molecule has 0 saturated carbocycles. The quantitative estimate of drug-likeness (QED) is 0.263. The van der Waals surface area contributed by atoms with Gasteiger partial charge in [0.1, 0.15) is 5.82 Å². The predicted molar refractivity (Wildman–Crippen MR) is 155 cm³/mol. The largest absolute Gasteiger partial charge is 0.395 e. The molecule has 38 heavy (non-hydrogen) atoms. The van der Waals surface area contributed by atoms with Crippen molar-refractivity contribution in [1.82, 2.24) is 9.97 Å². The van der Waals surface area contributed by atoms with E-state index in [9.17, 15) is 13.6 Å². The highest BCUT2D eigenvalue weighted by Gasteiger charge is 2.44. The first-order chi connectivity index (χ1) is 18.4. The minimum Gasteiger partial charge on any atom is -0.395 e. The van der Waals surface area contributed by atoms with Crippen molar-refractivity contribution in [2.24, 2.45) is 5.92 Å². The van der Waals surface area contributed by atoms with Gasteiger partial charge in [-0.15, -0.1) is 0 Å². The maximum absolute atomic E-state index is 14.8. The maximum Gasteiger partial charge on any atom is 0.258 e. The first-order valence-corrected chi connectivity index (χ1v) is 14.5. The minimum absolute atomic E-state index is 0.0308. The van der Waals surface area contributed by atoms with Gasteiger partial charge in [-0.2, -0.15) is 4.98 Å². The summed E-state index contributed by atoms with van der Waals surface area (Å²) in [4.78, 5) is 23.9. The van der Waals surface area contributed by atoms with Gasteiger partial charge in [-0.05, 0) is 38.0 Å². The van der Waals surface area contributed by atoms with Crippen molar-refractivity contribution in [1.29, 1.82) is 0 Å². The number of nitrogens with one attached hydrogen (secondary N) is 3. The van der Waals surface area contributed by atoms with E-state index in [1.54, 1.807) is 18.2 Å². The highest BCUT2D eigenvalue weighted by Crippen LogP contribution is 2.39. The first kappa shape index (κ1) is 31.6. The van der Waals surface area contributed by atoms with Gasteiger partial charge in [0.15, 0.2) is 0 Å². The SMILES string of the molecule is CC.CC.Cc1cc2nc(n1)NCCCC[C@@H]1CN(CCC1(F)F)c1cc(NSCCO)ccc1C(=O)N2. The number of carbonyl (C=O) groups excluding carboxylic acids is 1. The van der Waals surface area contributed by atoms with Gasteiger partial charge in [-0.25, -0.2) is 13.8 Å². The van der Waals surface area contributed by atoms with Crippen molar-refractivity contribution in [2.45, 2.75) is 66.2 Å². The number of fused-ring (bicyclic) bond motifs is 6. The summed E-state index contributed by atoms with van der Waals surface area (Å²) in [6.45, 7) is 10.8. The van der Waals surface area contributed by atoms with E-state index >= 15 is 0 Å². The summed E-state index contributed by atoms with van der Waals surface area (Å²) in [6.07, 6.45) is 1.53. The standard InChI is InChI=1S/C23H30F2N6O2S.2C2H6/c1-15-12-20-28-21(33)18-6-5-17(30-34-11-10-32)13-19(18)31-9-7-23(24,25)16(14-31)4-2-3-8-26-22(27-15)29-20;2*1-2/h5-6,12-13,16,30,32H,2-4,7-11,14H2,1H3,(H2,26,27,28,29,33);2*1-2H3/t16-;;/m1../s1. The van der Waals surface area contributed by atoms with Crippen molar-refractivity contribution in [3.63, 3.8) is 0 Å². The molecule has 0 spiro atoms. The zero-order valence-electron chi connectivity index (χ0n) is 23.1. The van der Waals surface area contributed by atoms with Crippen LogP contribution >= 0.6 is 11.9 Å². The molecule has 4 N–H and O–H groups in total. The molecule has 0 radical (unpaired) electrons. The third-order valence-electron chi connectivity index (χ3n) is 6.08. The summed E-state index contributed by atoms with van der Waals surface area (Å²) in [7, 11) is 0. The van der Waals surface area contributed by atoms with Crippen LogP contribution in [-0.2, 0) is 0 Å². The van der Waals surface area contributed by atoms with Crippen LogP contribution in [0, 0.1) is 12.8 Å². The fourth-order valence-electron chi connectivity index (χ4n) is 4.34. The molecule has 8 nitrogen and oxygen atoms in total. The zero-order valence-corrected chi connectivity index (χ0v) is 23.9. The Morgan fingerprint density at radius 1 is 1.18 bits per heavy atom. The summed E-state index contributed by atoms with van der Waals surface area (Å²) in [5.74, 6) is -2.61. The number of halogens is 2. The number of amides is 1. The van der Waals surface area contributed by atoms with E-state index < -0.39 is 11.8 Å². The molecule has 2 aliphatic heterocycles. The number of hydrogen-bond acceptors (Lipinski definition) is 8. The topological polar surface area (TPSA) is 102 Å². The molecule has 1 fully saturated rings. The molecule has 3 heterocycles. The number of anilines is 4. The number of benzene rings is 1. The van der Waals surface area contributed by atoms with Crippen LogP contribution in [0.2, 0.25) is 0 Å². The molecule has 0 unspecified atom stereocenters. The van der Waals surface area contributed by atoms with E-state index in [1.807, 2.05) is 45.6 Å². The lowest BCUT2D eigenvalue weighted by Gasteiger charge is -2.40. The number of aryl methyl sites for hydroxylation is 1. The Kier molecular flexibility index (Phi) is 13.0. The average Bonchev–Trinajstić information content (AvgIpc) is 2.91. The number of hydrogen-bond donors (Lipinski definition) is 4. The Balaban J connectivity index is 0.00000121. The number of piperidine rings is 1. The number of nitrogens with zero attached hydrogens (tertiary/aromatic N) is 3. The van der Waals surface area contributed by atoms with Crippen LogP contribution < -0.4 is 20.3 Å². The Morgan fingerprint density at radius 2 is 1.95 bits per heavy atom. The van der Waals surface area contributed by atoms with E-state index in [1.165, 1.54) is 11.9 Å². The molecule has 4 rings (SSSR count). The van der Waals surface area contributed by atoms with Crippen molar-refractivity contribution in [2.75, 3.05) is 52.2 Å². The van der Waals surface area contributed by atoms with Crippen molar-refractivity contribution in [3.8, 4) is 0 Å². The second kappa shape index (κ2) is 15.7. The first-order valence-electron chi connectivity index (χ1n) is 13.5. The molecule has 1 aromatic heterocycles. The summed E-state index contributed by atoms with van der Waals surface area (Å²) >= 11 is 1.34. The van der Waals surface area contributed by atoms with E-state index in [-0.39, 0.29) is 32.0 Å². The number of aliphatic hydroxyl groups excluding tert-OH is 1. The number of rotatable bonds is 4. The Bertz CT molecular complexity index is 1030. The summed E-state index contributed by atoms with van der Waals surface area (Å²) in [5.41, 5.74) is 2.44. The monoisotopic (exact) mass is 552 g/mol. The summed E-state index contributed by atoms with van der Waals surface area (Å²) in [6, 6.07) is 6.97. The molecule has 1 atom stereocenters. The van der Waals surface area contributed by atoms with E-state index in [0.29, 0.717) is 53.9 Å². The van der Waals surface area contributed by atoms with Gasteiger partial charge in [-0.1, -0.05) is 46.1 Å². The molecule has 0 aliphatic carbocycles. The molecule has 4 bridgehead atoms. The van der Waals surface area contributed by atoms with Gasteiger partial charge in [0.25, 0.3) is 11.8 Å². The van der Waals surface area contributed by atoms with Gasteiger partial charge in [0.05, 0.1) is 17.9 Å². The van der Waals surface area contributed by atoms with Gasteiger partial charge < -0.3 is 25.4 Å². The van der Waals surface area contributed by atoms with E-state index in [2.05, 4.69) is 25.3 Å². The lowest BCUT2D eigenvalue weighted by atomic mass is 9.88. The Labute approximate surface area is 229 Å². The van der Waals surface area contributed by atoms with Gasteiger partial charge >= 0.3 is 0 Å². The fourth-order valence-corrected chi connectivity index (χ4v) is 4.83. The summed E-state index contributed by atoms with van der Waals surface area (Å²) < 4.78 is 32.7. The molecule has 212 valence electrons. The van der Waals surface area contributed by atoms with Crippen LogP contribution in [0.5, 0.6) is 0 Å². The van der Waals surface area contributed by atoms with Crippen LogP contribution in [0.3, 0.4) is 0 Å². The molecular weight excluding hydrogens is 510 g/mol. The maximum atomic E-state index is 14.8. The molecule has 2 aliphatic rings. The number of carbonyl (C=O) groups is 1. The molecule has 11 heteroatoms. The second-order valence-corrected chi connectivity index (χ2v) is 9.56. The molecule has 2 aromatic rings. The Hall–Kier alpha value is -2.66. The molecule has 1 aromatic carbocycles. The van der Waals surface area contributed by atoms with Crippen molar-refractivity contribution < 1.29 is 18.7 Å². The highest BCUT2D eigenvalue weighted by atomic mass is 32.2. The number of alkyl halides is 2. The molecule has 1 saturated heterocycles. The molecular formula is C27H42F2N6O2S. The third kappa shape index (κ3) is 8.69. The normalized spacial score (nSPS) is 18.5. The fraction of sp³-hybridized carbons (Fsp3) is 0.593. The van der Waals surface area contributed by atoms with Gasteiger partial charge in [0, 0.05) is 55.2 Å². The zero-order chi connectivity index (χ0) is 28.1. The third-order valence-corrected chi connectivity index (χ3v) is 6.84. The van der Waals surface area contributed by atoms with Crippen LogP contribution in [0.4, 0.5) is 31.9 Å². The van der Waals surface area contributed by atoms with Crippen LogP contribution in [0.1, 0.15) is 69.4 Å². The number of aliphatic hydroxyl groups is 1. The molecule has 1 amide bonds. The van der Waals surface area contributed by atoms with Crippen LogP contribution in [-0.4, -0.2) is 58.9 Å². The predicted octanol–water partition coefficient (Wildman–Crippen LogP) is 6.20.